The Morgan fingerprint density at radius 1 is 1.09 bits per heavy atom. The molecule has 2 heterocycles. The number of carbonyl (C=O) groups is 1. The molecule has 0 aliphatic heterocycles. The van der Waals surface area contributed by atoms with E-state index < -0.39 is 0 Å². The van der Waals surface area contributed by atoms with E-state index in [1.54, 1.807) is 25.6 Å². The van der Waals surface area contributed by atoms with Crippen LogP contribution in [-0.4, -0.2) is 49.8 Å². The predicted octanol–water partition coefficient (Wildman–Crippen LogP) is 5.62. The first kappa shape index (κ1) is 24.0. The van der Waals surface area contributed by atoms with Gasteiger partial charge >= 0.3 is 5.97 Å². The number of aromatic nitrogens is 1. The maximum absolute atomic E-state index is 13.4. The van der Waals surface area contributed by atoms with Crippen LogP contribution in [0, 0.1) is 13.8 Å². The molecule has 3 aromatic rings. The minimum atomic E-state index is -0.361. The van der Waals surface area contributed by atoms with Gasteiger partial charge in [0.25, 0.3) is 0 Å². The van der Waals surface area contributed by atoms with E-state index in [0.29, 0.717) is 30.2 Å². The minimum absolute atomic E-state index is 0.294. The van der Waals surface area contributed by atoms with E-state index in [1.165, 1.54) is 4.88 Å². The largest absolute Gasteiger partial charge is 0.497 e. The van der Waals surface area contributed by atoms with Crippen molar-refractivity contribution in [2.24, 2.45) is 0 Å². The molecule has 172 valence electrons. The summed E-state index contributed by atoms with van der Waals surface area (Å²) in [6.45, 7) is 12.8. The summed E-state index contributed by atoms with van der Waals surface area (Å²) in [6, 6.07) is 5.68. The van der Waals surface area contributed by atoms with Crippen LogP contribution in [0.5, 0.6) is 11.5 Å². The molecule has 32 heavy (non-hydrogen) atoms. The number of fused-ring (bicyclic) bond motifs is 1. The molecule has 0 aliphatic carbocycles. The van der Waals surface area contributed by atoms with Crippen molar-refractivity contribution in [3.8, 4) is 22.6 Å². The summed E-state index contributed by atoms with van der Waals surface area (Å²) in [5.41, 5.74) is 4.00. The number of carbonyl (C=O) groups excluding carboxylic acids is 1. The summed E-state index contributed by atoms with van der Waals surface area (Å²) in [5.74, 6) is 0.967. The summed E-state index contributed by atoms with van der Waals surface area (Å²) in [7, 11) is 3.25. The number of aryl methyl sites for hydroxylation is 2. The zero-order valence-electron chi connectivity index (χ0n) is 20.0. The number of pyridine rings is 1. The van der Waals surface area contributed by atoms with Gasteiger partial charge in [-0.15, -0.1) is 11.3 Å². The molecule has 7 heteroatoms. The first-order valence-corrected chi connectivity index (χ1v) is 11.8. The maximum atomic E-state index is 13.4. The number of nitrogens with zero attached hydrogens (tertiary/aromatic N) is 2. The highest BCUT2D eigenvalue weighted by atomic mass is 32.1. The minimum Gasteiger partial charge on any atom is -0.497 e. The van der Waals surface area contributed by atoms with E-state index in [4.69, 9.17) is 19.2 Å². The van der Waals surface area contributed by atoms with Crippen molar-refractivity contribution in [1.29, 1.82) is 0 Å². The fourth-order valence-electron chi connectivity index (χ4n) is 3.90. The molecule has 0 unspecified atom stereocenters. The number of benzene rings is 1. The Morgan fingerprint density at radius 2 is 1.81 bits per heavy atom. The van der Waals surface area contributed by atoms with Crippen molar-refractivity contribution in [3.05, 3.63) is 39.9 Å². The van der Waals surface area contributed by atoms with Gasteiger partial charge in [0.15, 0.2) is 0 Å². The second-order valence-electron chi connectivity index (χ2n) is 7.52. The van der Waals surface area contributed by atoms with E-state index >= 15 is 0 Å². The number of rotatable bonds is 9. The van der Waals surface area contributed by atoms with Crippen molar-refractivity contribution >= 4 is 27.5 Å². The molecule has 0 aliphatic rings. The Bertz CT molecular complexity index is 1120. The molecule has 0 radical (unpaired) electrons. The van der Waals surface area contributed by atoms with E-state index in [0.717, 1.165) is 45.7 Å². The second kappa shape index (κ2) is 10.3. The number of hydrogen-bond acceptors (Lipinski definition) is 7. The number of thiophene rings is 1. The fourth-order valence-corrected chi connectivity index (χ4v) is 4.96. The van der Waals surface area contributed by atoms with Crippen LogP contribution in [0.3, 0.4) is 0 Å². The molecule has 3 rings (SSSR count). The Morgan fingerprint density at radius 3 is 2.41 bits per heavy atom. The van der Waals surface area contributed by atoms with Crippen LogP contribution in [0.4, 0.5) is 0 Å². The van der Waals surface area contributed by atoms with Crippen LogP contribution in [0.2, 0.25) is 0 Å². The third-order valence-corrected chi connectivity index (χ3v) is 6.92. The first-order chi connectivity index (χ1) is 15.4. The topological polar surface area (TPSA) is 60.9 Å². The van der Waals surface area contributed by atoms with Gasteiger partial charge in [0, 0.05) is 34.0 Å². The van der Waals surface area contributed by atoms with Gasteiger partial charge in [-0.2, -0.15) is 0 Å². The molecule has 0 spiro atoms. The smallest absolute Gasteiger partial charge is 0.340 e. The summed E-state index contributed by atoms with van der Waals surface area (Å²) in [5, 5.41) is 0.974. The Hall–Kier alpha value is -2.64. The molecule has 0 bridgehead atoms. The highest BCUT2D eigenvalue weighted by Gasteiger charge is 2.28. The number of hydrogen-bond donors (Lipinski definition) is 0. The van der Waals surface area contributed by atoms with Crippen LogP contribution in [-0.2, 0) is 11.3 Å². The van der Waals surface area contributed by atoms with E-state index in [2.05, 4.69) is 32.6 Å². The Balaban J connectivity index is 2.45. The third-order valence-electron chi connectivity index (χ3n) is 5.82. The first-order valence-electron chi connectivity index (χ1n) is 10.9. The lowest BCUT2D eigenvalue weighted by atomic mass is 9.93. The molecule has 6 nitrogen and oxygen atoms in total. The van der Waals surface area contributed by atoms with E-state index in [9.17, 15) is 4.79 Å². The summed E-state index contributed by atoms with van der Waals surface area (Å²) >= 11 is 1.65. The van der Waals surface area contributed by atoms with Crippen molar-refractivity contribution in [1.82, 2.24) is 9.88 Å². The molecule has 0 N–H and O–H groups in total. The SMILES string of the molecule is CCOC(=O)c1c(CN(CC)CC)nc2sc(C)c(C)c2c1-c1ccc(OC)cc1OC. The zero-order valence-corrected chi connectivity index (χ0v) is 20.8. The summed E-state index contributed by atoms with van der Waals surface area (Å²) in [6.07, 6.45) is 0. The molecular weight excluding hydrogens is 424 g/mol. The molecule has 2 aromatic heterocycles. The number of ether oxygens (including phenoxy) is 3. The number of esters is 1. The Labute approximate surface area is 194 Å². The quantitative estimate of drug-likeness (QED) is 0.390. The number of methoxy groups -OCH3 is 2. The molecule has 1 aromatic carbocycles. The second-order valence-corrected chi connectivity index (χ2v) is 8.72. The standard InChI is InChI=1S/C25H32N2O4S/c1-8-27(9-2)14-19-23(25(28)31-10-3)22(21-15(4)16(5)32-24(21)26-19)18-12-11-17(29-6)13-20(18)30-7/h11-13H,8-10,14H2,1-7H3. The van der Waals surface area contributed by atoms with Crippen molar-refractivity contribution in [2.75, 3.05) is 33.9 Å². The predicted molar refractivity (Wildman–Crippen MR) is 130 cm³/mol. The lowest BCUT2D eigenvalue weighted by Gasteiger charge is -2.22. The average Bonchev–Trinajstić information content (AvgIpc) is 3.09. The van der Waals surface area contributed by atoms with Crippen LogP contribution in [0.25, 0.3) is 21.3 Å². The van der Waals surface area contributed by atoms with Gasteiger partial charge in [0.1, 0.15) is 16.3 Å². The van der Waals surface area contributed by atoms with Gasteiger partial charge in [-0.1, -0.05) is 13.8 Å². The van der Waals surface area contributed by atoms with Gasteiger partial charge in [-0.3, -0.25) is 4.90 Å². The van der Waals surface area contributed by atoms with Crippen LogP contribution < -0.4 is 9.47 Å². The summed E-state index contributed by atoms with van der Waals surface area (Å²) < 4.78 is 16.7. The third kappa shape index (κ3) is 4.45. The normalized spacial score (nSPS) is 11.2. The Kier molecular flexibility index (Phi) is 7.74. The molecule has 0 saturated heterocycles. The van der Waals surface area contributed by atoms with Crippen molar-refractivity contribution in [2.45, 2.75) is 41.2 Å². The van der Waals surface area contributed by atoms with Crippen molar-refractivity contribution < 1.29 is 19.0 Å². The molecule has 0 saturated carbocycles. The molecule has 0 fully saturated rings. The van der Waals surface area contributed by atoms with E-state index in [1.807, 2.05) is 25.1 Å². The van der Waals surface area contributed by atoms with Gasteiger partial charge < -0.3 is 14.2 Å². The van der Waals surface area contributed by atoms with Crippen LogP contribution in [0.1, 0.15) is 47.3 Å². The highest BCUT2D eigenvalue weighted by Crippen LogP contribution is 2.44. The fraction of sp³-hybridized carbons (Fsp3) is 0.440. The molecule has 0 atom stereocenters. The maximum Gasteiger partial charge on any atom is 0.340 e. The lowest BCUT2D eigenvalue weighted by Crippen LogP contribution is -2.25. The molecular formula is C25H32N2O4S. The monoisotopic (exact) mass is 456 g/mol. The van der Waals surface area contributed by atoms with Gasteiger partial charge in [-0.05, 0) is 51.6 Å². The molecule has 0 amide bonds. The lowest BCUT2D eigenvalue weighted by molar-refractivity contribution is 0.0524. The average molecular weight is 457 g/mol. The zero-order chi connectivity index (χ0) is 23.4. The van der Waals surface area contributed by atoms with Gasteiger partial charge in [0.2, 0.25) is 0 Å². The summed E-state index contributed by atoms with van der Waals surface area (Å²) in [4.78, 5) is 22.7. The van der Waals surface area contributed by atoms with E-state index in [-0.39, 0.29) is 5.97 Å². The van der Waals surface area contributed by atoms with Gasteiger partial charge in [0.05, 0.1) is 32.1 Å². The highest BCUT2D eigenvalue weighted by molar-refractivity contribution is 7.18. The van der Waals surface area contributed by atoms with Crippen molar-refractivity contribution in [3.63, 3.8) is 0 Å². The van der Waals surface area contributed by atoms with Crippen LogP contribution >= 0.6 is 11.3 Å². The van der Waals surface area contributed by atoms with Crippen LogP contribution in [0.15, 0.2) is 18.2 Å². The van der Waals surface area contributed by atoms with Gasteiger partial charge in [-0.25, -0.2) is 9.78 Å².